The molecule has 3 rings (SSSR count). The first kappa shape index (κ1) is 17.8. The average Bonchev–Trinajstić information content (AvgIpc) is 3.18. The Hall–Kier alpha value is -2.02. The summed E-state index contributed by atoms with van der Waals surface area (Å²) in [5.41, 5.74) is 0. The van der Waals surface area contributed by atoms with Crippen molar-refractivity contribution in [1.29, 1.82) is 0 Å². The fraction of sp³-hybridized carbons (Fsp3) is 0.667. The van der Waals surface area contributed by atoms with Crippen LogP contribution in [-0.4, -0.2) is 62.7 Å². The van der Waals surface area contributed by atoms with Gasteiger partial charge in [-0.2, -0.15) is 0 Å². The van der Waals surface area contributed by atoms with Gasteiger partial charge < -0.3 is 24.7 Å². The summed E-state index contributed by atoms with van der Waals surface area (Å²) in [6.07, 6.45) is 5.44. The van der Waals surface area contributed by atoms with Crippen LogP contribution >= 0.6 is 0 Å². The molecule has 1 saturated carbocycles. The highest BCUT2D eigenvalue weighted by Gasteiger charge is 2.39. The van der Waals surface area contributed by atoms with Crippen molar-refractivity contribution in [2.45, 2.75) is 31.7 Å². The van der Waals surface area contributed by atoms with Gasteiger partial charge in [-0.25, -0.2) is 0 Å². The number of hydrogen-bond acceptors (Lipinski definition) is 4. The molecule has 1 aliphatic carbocycles. The molecule has 0 radical (unpaired) electrons. The van der Waals surface area contributed by atoms with Gasteiger partial charge in [0.05, 0.1) is 12.9 Å². The smallest absolute Gasteiger partial charge is 0.223 e. The van der Waals surface area contributed by atoms with E-state index in [1.165, 1.54) is 12.8 Å². The van der Waals surface area contributed by atoms with Crippen LogP contribution in [0.1, 0.15) is 25.0 Å². The minimum Gasteiger partial charge on any atom is -0.469 e. The number of rotatable bonds is 9. The van der Waals surface area contributed by atoms with Gasteiger partial charge in [-0.1, -0.05) is 0 Å². The zero-order valence-electron chi connectivity index (χ0n) is 14.9. The largest absolute Gasteiger partial charge is 0.469 e. The van der Waals surface area contributed by atoms with Crippen LogP contribution in [-0.2, 0) is 16.0 Å². The highest BCUT2D eigenvalue weighted by Crippen LogP contribution is 2.32. The van der Waals surface area contributed by atoms with Gasteiger partial charge in [-0.05, 0) is 25.0 Å². The predicted octanol–water partition coefficient (Wildman–Crippen LogP) is 1.01. The third-order valence-electron chi connectivity index (χ3n) is 4.58. The molecule has 1 aliphatic heterocycles. The molecule has 138 valence electrons. The van der Waals surface area contributed by atoms with Crippen LogP contribution in [0.3, 0.4) is 0 Å². The van der Waals surface area contributed by atoms with Crippen molar-refractivity contribution in [2.75, 3.05) is 39.9 Å². The number of furan rings is 1. The van der Waals surface area contributed by atoms with E-state index in [1.807, 2.05) is 17.0 Å². The molecule has 1 unspecified atom stereocenters. The lowest BCUT2D eigenvalue weighted by molar-refractivity contribution is -0.128. The monoisotopic (exact) mass is 348 g/mol. The number of amides is 1. The first-order chi connectivity index (χ1) is 12.3. The van der Waals surface area contributed by atoms with Gasteiger partial charge in [0, 0.05) is 58.1 Å². The molecule has 1 atom stereocenters. The van der Waals surface area contributed by atoms with Crippen LogP contribution in [0.15, 0.2) is 27.8 Å². The maximum Gasteiger partial charge on any atom is 0.223 e. The summed E-state index contributed by atoms with van der Waals surface area (Å²) in [4.78, 5) is 18.8. The van der Waals surface area contributed by atoms with Gasteiger partial charge in [0.25, 0.3) is 0 Å². The van der Waals surface area contributed by atoms with E-state index < -0.39 is 0 Å². The predicted molar refractivity (Wildman–Crippen MR) is 95.4 cm³/mol. The number of carbonyl (C=O) groups excluding carboxylic acids is 1. The molecule has 1 aromatic rings. The van der Waals surface area contributed by atoms with E-state index in [-0.39, 0.29) is 0 Å². The average molecular weight is 348 g/mol. The molecule has 25 heavy (non-hydrogen) atoms. The number of guanidine groups is 1. The molecular weight excluding hydrogens is 320 g/mol. The molecule has 7 nitrogen and oxygen atoms in total. The van der Waals surface area contributed by atoms with E-state index in [2.05, 4.69) is 15.6 Å². The molecule has 1 saturated heterocycles. The normalized spacial score (nSPS) is 21.0. The minimum atomic E-state index is 0.294. The summed E-state index contributed by atoms with van der Waals surface area (Å²) in [7, 11) is 1.68. The van der Waals surface area contributed by atoms with Gasteiger partial charge >= 0.3 is 0 Å². The number of methoxy groups -OCH3 is 1. The topological polar surface area (TPSA) is 79.1 Å². The number of carbonyl (C=O) groups is 1. The van der Waals surface area contributed by atoms with Gasteiger partial charge in [-0.15, -0.1) is 0 Å². The van der Waals surface area contributed by atoms with E-state index in [4.69, 9.17) is 9.15 Å². The van der Waals surface area contributed by atoms with E-state index in [1.54, 1.807) is 13.4 Å². The number of ether oxygens (including phenoxy) is 1. The third kappa shape index (κ3) is 5.49. The highest BCUT2D eigenvalue weighted by molar-refractivity contribution is 5.81. The molecule has 1 aromatic heterocycles. The van der Waals surface area contributed by atoms with E-state index in [0.29, 0.717) is 44.0 Å². The lowest BCUT2D eigenvalue weighted by Gasteiger charge is -2.15. The number of hydrogen-bond donors (Lipinski definition) is 2. The molecule has 2 N–H and O–H groups in total. The van der Waals surface area contributed by atoms with Gasteiger partial charge in [0.2, 0.25) is 5.91 Å². The van der Waals surface area contributed by atoms with Crippen molar-refractivity contribution in [1.82, 2.24) is 15.5 Å². The second-order valence-electron chi connectivity index (χ2n) is 6.71. The fourth-order valence-corrected chi connectivity index (χ4v) is 3.10. The van der Waals surface area contributed by atoms with Crippen LogP contribution in [0.25, 0.3) is 0 Å². The SMILES string of the molecule is COCCNC(=NCC1CC(=O)N(C2CC2)C1)NCCc1ccco1. The van der Waals surface area contributed by atoms with Crippen molar-refractivity contribution in [3.63, 3.8) is 0 Å². The lowest BCUT2D eigenvalue weighted by Crippen LogP contribution is -2.40. The number of aliphatic imine (C=N–C) groups is 1. The minimum absolute atomic E-state index is 0.294. The van der Waals surface area contributed by atoms with Crippen molar-refractivity contribution in [3.8, 4) is 0 Å². The van der Waals surface area contributed by atoms with Crippen LogP contribution < -0.4 is 10.6 Å². The highest BCUT2D eigenvalue weighted by atomic mass is 16.5. The molecule has 1 amide bonds. The van der Waals surface area contributed by atoms with Gasteiger partial charge in [0.1, 0.15) is 5.76 Å². The second kappa shape index (κ2) is 8.89. The van der Waals surface area contributed by atoms with Crippen LogP contribution in [0, 0.1) is 5.92 Å². The summed E-state index contributed by atoms with van der Waals surface area (Å²) < 4.78 is 10.4. The quantitative estimate of drug-likeness (QED) is 0.396. The summed E-state index contributed by atoms with van der Waals surface area (Å²) in [6.45, 7) is 3.57. The Labute approximate surface area is 148 Å². The summed E-state index contributed by atoms with van der Waals surface area (Å²) in [5, 5.41) is 6.59. The first-order valence-electron chi connectivity index (χ1n) is 9.09. The van der Waals surface area contributed by atoms with E-state index in [0.717, 1.165) is 31.2 Å². The van der Waals surface area contributed by atoms with Crippen molar-refractivity contribution in [2.24, 2.45) is 10.9 Å². The standard InChI is InChI=1S/C18H28N4O3/c1-24-10-8-20-18(19-7-6-16-3-2-9-25-16)21-12-14-11-17(23)22(13-14)15-4-5-15/h2-3,9,14-15H,4-8,10-13H2,1H3,(H2,19,20,21). The van der Waals surface area contributed by atoms with Crippen molar-refractivity contribution < 1.29 is 13.9 Å². The third-order valence-corrected chi connectivity index (χ3v) is 4.58. The Morgan fingerprint density at radius 3 is 2.96 bits per heavy atom. The second-order valence-corrected chi connectivity index (χ2v) is 6.71. The molecule has 2 aliphatic rings. The van der Waals surface area contributed by atoms with Crippen molar-refractivity contribution in [3.05, 3.63) is 24.2 Å². The number of likely N-dealkylation sites (tertiary alicyclic amines) is 1. The molecule has 2 heterocycles. The Kier molecular flexibility index (Phi) is 6.33. The summed E-state index contributed by atoms with van der Waals surface area (Å²) in [6, 6.07) is 4.37. The van der Waals surface area contributed by atoms with E-state index >= 15 is 0 Å². The molecule has 0 bridgehead atoms. The van der Waals surface area contributed by atoms with E-state index in [9.17, 15) is 4.79 Å². The molecular formula is C18H28N4O3. The van der Waals surface area contributed by atoms with Crippen LogP contribution in [0.5, 0.6) is 0 Å². The summed E-state index contributed by atoms with van der Waals surface area (Å²) in [5.74, 6) is 2.33. The zero-order chi connectivity index (χ0) is 17.5. The van der Waals surface area contributed by atoms with Gasteiger partial charge in [0.15, 0.2) is 5.96 Å². The lowest BCUT2D eigenvalue weighted by atomic mass is 10.1. The first-order valence-corrected chi connectivity index (χ1v) is 9.09. The molecule has 2 fully saturated rings. The Morgan fingerprint density at radius 2 is 2.24 bits per heavy atom. The Bertz CT molecular complexity index is 569. The van der Waals surface area contributed by atoms with Crippen molar-refractivity contribution >= 4 is 11.9 Å². The van der Waals surface area contributed by atoms with Gasteiger partial charge in [-0.3, -0.25) is 9.79 Å². The number of nitrogens with zero attached hydrogens (tertiary/aromatic N) is 2. The Balaban J connectivity index is 1.46. The molecule has 7 heteroatoms. The Morgan fingerprint density at radius 1 is 1.40 bits per heavy atom. The summed E-state index contributed by atoms with van der Waals surface area (Å²) >= 11 is 0. The van der Waals surface area contributed by atoms with Crippen LogP contribution in [0.4, 0.5) is 0 Å². The zero-order valence-corrected chi connectivity index (χ0v) is 14.9. The van der Waals surface area contributed by atoms with Crippen LogP contribution in [0.2, 0.25) is 0 Å². The molecule has 0 spiro atoms. The maximum absolute atomic E-state index is 12.0. The number of nitrogens with one attached hydrogen (secondary N) is 2. The maximum atomic E-state index is 12.0. The molecule has 0 aromatic carbocycles. The fourth-order valence-electron chi connectivity index (χ4n) is 3.10.